The molecule has 236 valence electrons. The number of halogens is 2. The minimum atomic E-state index is -0.233. The Bertz CT molecular complexity index is 1510. The van der Waals surface area contributed by atoms with E-state index in [1.54, 1.807) is 0 Å². The first-order valence-electron chi connectivity index (χ1n) is 14.8. The number of hydrogen-bond acceptors (Lipinski definition) is 4. The van der Waals surface area contributed by atoms with Gasteiger partial charge in [0, 0.05) is 11.4 Å². The fourth-order valence-electron chi connectivity index (χ4n) is 4.50. The Morgan fingerprint density at radius 3 is 1.24 bits per heavy atom. The molecule has 0 atom stereocenters. The quantitative estimate of drug-likeness (QED) is 0.170. The van der Waals surface area contributed by atoms with Gasteiger partial charge in [-0.1, -0.05) is 77.9 Å². The molecule has 0 aliphatic carbocycles. The first kappa shape index (κ1) is 34.3. The summed E-state index contributed by atoms with van der Waals surface area (Å²) in [5, 5.41) is 5.77. The highest BCUT2D eigenvalue weighted by atomic mass is 79.9. The second kappa shape index (κ2) is 14.6. The Balaban J connectivity index is 1.22. The van der Waals surface area contributed by atoms with E-state index in [2.05, 4.69) is 84.0 Å². The summed E-state index contributed by atoms with van der Waals surface area (Å²) in [6.07, 6.45) is 0.714. The third-order valence-electron chi connectivity index (χ3n) is 7.20. The monoisotopic (exact) mass is 734 g/mol. The van der Waals surface area contributed by atoms with Crippen LogP contribution in [0, 0.1) is 0 Å². The number of amides is 2. The van der Waals surface area contributed by atoms with Gasteiger partial charge in [0.15, 0.2) is 13.2 Å². The molecule has 2 N–H and O–H groups in total. The van der Waals surface area contributed by atoms with E-state index in [0.717, 1.165) is 20.1 Å². The van der Waals surface area contributed by atoms with Crippen LogP contribution in [0.4, 0.5) is 11.4 Å². The lowest BCUT2D eigenvalue weighted by atomic mass is 9.87. The molecule has 0 aromatic heterocycles. The molecule has 0 saturated heterocycles. The summed E-state index contributed by atoms with van der Waals surface area (Å²) in [7, 11) is 0. The first-order valence-corrected chi connectivity index (χ1v) is 16.4. The zero-order chi connectivity index (χ0) is 32.8. The van der Waals surface area contributed by atoms with E-state index >= 15 is 0 Å². The first-order chi connectivity index (χ1) is 21.2. The van der Waals surface area contributed by atoms with Crippen LogP contribution in [0.2, 0.25) is 0 Å². The molecular formula is C37H40Br2N2O4. The largest absolute Gasteiger partial charge is 0.483 e. The SMILES string of the molecule is CC(C)(C)c1ccc(OCC(=O)Nc2ccc(Cc3ccc(NC(=O)COc4ccc(C(C)(C)C)cc4Br)cc3)cc2)c(Br)c1. The van der Waals surface area contributed by atoms with Crippen molar-refractivity contribution >= 4 is 55.0 Å². The van der Waals surface area contributed by atoms with E-state index in [1.807, 2.05) is 84.9 Å². The number of hydrogen-bond donors (Lipinski definition) is 2. The highest BCUT2D eigenvalue weighted by Crippen LogP contribution is 2.32. The van der Waals surface area contributed by atoms with Gasteiger partial charge in [0.1, 0.15) is 11.5 Å². The third-order valence-corrected chi connectivity index (χ3v) is 8.44. The van der Waals surface area contributed by atoms with Gasteiger partial charge in [-0.05, 0) is 120 Å². The van der Waals surface area contributed by atoms with Crippen molar-refractivity contribution in [1.82, 2.24) is 0 Å². The van der Waals surface area contributed by atoms with Gasteiger partial charge in [-0.25, -0.2) is 0 Å². The molecule has 0 aliphatic rings. The van der Waals surface area contributed by atoms with Crippen LogP contribution in [-0.2, 0) is 26.8 Å². The average Bonchev–Trinajstić information content (AvgIpc) is 2.97. The standard InChI is InChI=1S/C37H40Br2N2O4/c1-36(2,3)26-11-17-32(30(38)20-26)44-22-34(42)40-28-13-7-24(8-14-28)19-25-9-15-29(16-10-25)41-35(43)23-45-33-18-12-27(21-31(33)39)37(4,5)6/h7-18,20-21H,19,22-23H2,1-6H3,(H,40,42)(H,41,43). The molecule has 8 heteroatoms. The van der Waals surface area contributed by atoms with Gasteiger partial charge in [-0.2, -0.15) is 0 Å². The number of ether oxygens (including phenoxy) is 2. The molecule has 0 spiro atoms. The molecule has 4 aromatic carbocycles. The van der Waals surface area contributed by atoms with Crippen molar-refractivity contribution in [3.05, 3.63) is 116 Å². The predicted octanol–water partition coefficient (Wildman–Crippen LogP) is 9.43. The van der Waals surface area contributed by atoms with Crippen molar-refractivity contribution in [3.63, 3.8) is 0 Å². The van der Waals surface area contributed by atoms with Crippen molar-refractivity contribution < 1.29 is 19.1 Å². The van der Waals surface area contributed by atoms with Crippen molar-refractivity contribution in [2.45, 2.75) is 58.8 Å². The fraction of sp³-hybridized carbons (Fsp3) is 0.297. The normalized spacial score (nSPS) is 11.6. The summed E-state index contributed by atoms with van der Waals surface area (Å²) in [6, 6.07) is 27.3. The Labute approximate surface area is 283 Å². The Kier molecular flexibility index (Phi) is 11.2. The average molecular weight is 737 g/mol. The number of benzene rings is 4. The highest BCUT2D eigenvalue weighted by molar-refractivity contribution is 9.10. The van der Waals surface area contributed by atoms with Gasteiger partial charge >= 0.3 is 0 Å². The maximum Gasteiger partial charge on any atom is 0.262 e. The molecule has 0 bridgehead atoms. The molecule has 2 amide bonds. The van der Waals surface area contributed by atoms with Gasteiger partial charge in [-0.15, -0.1) is 0 Å². The fourth-order valence-corrected chi connectivity index (χ4v) is 5.48. The van der Waals surface area contributed by atoms with Crippen LogP contribution in [0.3, 0.4) is 0 Å². The topological polar surface area (TPSA) is 76.7 Å². The number of carbonyl (C=O) groups is 2. The van der Waals surface area contributed by atoms with Crippen molar-refractivity contribution in [3.8, 4) is 11.5 Å². The Morgan fingerprint density at radius 2 is 0.933 bits per heavy atom. The molecule has 6 nitrogen and oxygen atoms in total. The molecule has 0 saturated carbocycles. The van der Waals surface area contributed by atoms with Gasteiger partial charge < -0.3 is 20.1 Å². The van der Waals surface area contributed by atoms with Crippen LogP contribution in [0.25, 0.3) is 0 Å². The summed E-state index contributed by atoms with van der Waals surface area (Å²) in [5.41, 5.74) is 6.02. The molecule has 0 fully saturated rings. The molecule has 0 heterocycles. The molecule has 45 heavy (non-hydrogen) atoms. The van der Waals surface area contributed by atoms with Crippen LogP contribution in [-0.4, -0.2) is 25.0 Å². The summed E-state index contributed by atoms with van der Waals surface area (Å²) in [5.74, 6) is 0.789. The zero-order valence-corrected chi connectivity index (χ0v) is 29.8. The number of rotatable bonds is 10. The van der Waals surface area contributed by atoms with Crippen molar-refractivity contribution in [1.29, 1.82) is 0 Å². The predicted molar refractivity (Wildman–Crippen MR) is 190 cm³/mol. The van der Waals surface area contributed by atoms with Gasteiger partial charge in [0.25, 0.3) is 11.8 Å². The Hall–Kier alpha value is -3.62. The Morgan fingerprint density at radius 1 is 0.578 bits per heavy atom. The number of anilines is 2. The lowest BCUT2D eigenvalue weighted by Crippen LogP contribution is -2.20. The molecule has 4 aromatic rings. The van der Waals surface area contributed by atoms with E-state index in [9.17, 15) is 9.59 Å². The van der Waals surface area contributed by atoms with Crippen molar-refractivity contribution in [2.75, 3.05) is 23.8 Å². The summed E-state index contributed by atoms with van der Waals surface area (Å²) >= 11 is 7.09. The minimum absolute atomic E-state index is 0.0278. The van der Waals surface area contributed by atoms with E-state index in [-0.39, 0.29) is 35.9 Å². The number of nitrogens with one attached hydrogen (secondary N) is 2. The van der Waals surface area contributed by atoms with Crippen LogP contribution >= 0.6 is 31.9 Å². The van der Waals surface area contributed by atoms with E-state index in [1.165, 1.54) is 11.1 Å². The molecule has 0 aliphatic heterocycles. The second-order valence-electron chi connectivity index (χ2n) is 13.0. The smallest absolute Gasteiger partial charge is 0.262 e. The van der Waals surface area contributed by atoms with E-state index in [0.29, 0.717) is 29.3 Å². The molecule has 0 radical (unpaired) electrons. The van der Waals surface area contributed by atoms with Crippen LogP contribution in [0.5, 0.6) is 11.5 Å². The van der Waals surface area contributed by atoms with E-state index < -0.39 is 0 Å². The van der Waals surface area contributed by atoms with E-state index in [4.69, 9.17) is 9.47 Å². The van der Waals surface area contributed by atoms with Gasteiger partial charge in [0.05, 0.1) is 8.95 Å². The maximum absolute atomic E-state index is 12.5. The lowest BCUT2D eigenvalue weighted by Gasteiger charge is -2.20. The zero-order valence-electron chi connectivity index (χ0n) is 26.6. The lowest BCUT2D eigenvalue weighted by molar-refractivity contribution is -0.118. The van der Waals surface area contributed by atoms with Gasteiger partial charge in [0.2, 0.25) is 0 Å². The summed E-state index contributed by atoms with van der Waals surface area (Å²) < 4.78 is 13.1. The second-order valence-corrected chi connectivity index (χ2v) is 14.7. The highest BCUT2D eigenvalue weighted by Gasteiger charge is 2.17. The number of carbonyl (C=O) groups excluding carboxylic acids is 2. The van der Waals surface area contributed by atoms with Crippen LogP contribution in [0.15, 0.2) is 93.9 Å². The molecular weight excluding hydrogens is 696 g/mol. The molecule has 0 unspecified atom stereocenters. The summed E-state index contributed by atoms with van der Waals surface area (Å²) in [4.78, 5) is 25.0. The summed E-state index contributed by atoms with van der Waals surface area (Å²) in [6.45, 7) is 12.7. The van der Waals surface area contributed by atoms with Gasteiger partial charge in [-0.3, -0.25) is 9.59 Å². The minimum Gasteiger partial charge on any atom is -0.483 e. The van der Waals surface area contributed by atoms with Crippen LogP contribution < -0.4 is 20.1 Å². The molecule has 4 rings (SSSR count). The van der Waals surface area contributed by atoms with Crippen LogP contribution in [0.1, 0.15) is 63.8 Å². The van der Waals surface area contributed by atoms with Crippen molar-refractivity contribution in [2.24, 2.45) is 0 Å². The third kappa shape index (κ3) is 10.2. The maximum atomic E-state index is 12.5.